The van der Waals surface area contributed by atoms with Crippen LogP contribution in [0.3, 0.4) is 0 Å². The molecule has 6 heteroatoms. The van der Waals surface area contributed by atoms with Gasteiger partial charge in [0.05, 0.1) is 0 Å². The number of carbonyl (C=O) groups is 3. The zero-order chi connectivity index (χ0) is 56.4. The number of rotatable bonds is 66. The van der Waals surface area contributed by atoms with Crippen molar-refractivity contribution < 1.29 is 28.6 Å². The summed E-state index contributed by atoms with van der Waals surface area (Å²) in [4.78, 5) is 38.2. The molecular weight excluding hydrogens is 961 g/mol. The minimum atomic E-state index is -0.765. The van der Waals surface area contributed by atoms with Crippen LogP contribution in [0.15, 0.2) is 24.3 Å². The molecule has 0 spiro atoms. The maximum atomic E-state index is 12.9. The Morgan fingerprint density at radius 3 is 0.705 bits per heavy atom. The Kier molecular flexibility index (Phi) is 65.6. The SMILES string of the molecule is CCCCCCC/C=C\C/C=C\CCCCCCCCCCCCCCCCCCCC(=O)OCC(COC(=O)CCCCCCCCCC)OC(=O)CCCCCCCCCCCCCCCCCCCCCCCCC. The first-order chi connectivity index (χ1) is 38.5. The van der Waals surface area contributed by atoms with Crippen molar-refractivity contribution in [2.45, 2.75) is 406 Å². The van der Waals surface area contributed by atoms with Crippen molar-refractivity contribution in [2.24, 2.45) is 0 Å². The topological polar surface area (TPSA) is 78.9 Å². The van der Waals surface area contributed by atoms with E-state index in [1.54, 1.807) is 0 Å². The Morgan fingerprint density at radius 2 is 0.462 bits per heavy atom. The van der Waals surface area contributed by atoms with Gasteiger partial charge in [-0.15, -0.1) is 0 Å². The molecule has 1 unspecified atom stereocenters. The number of hydrogen-bond acceptors (Lipinski definition) is 6. The van der Waals surface area contributed by atoms with E-state index in [4.69, 9.17) is 14.2 Å². The van der Waals surface area contributed by atoms with Gasteiger partial charge in [0.1, 0.15) is 13.2 Å². The highest BCUT2D eigenvalue weighted by Crippen LogP contribution is 2.19. The summed E-state index contributed by atoms with van der Waals surface area (Å²) < 4.78 is 16.9. The van der Waals surface area contributed by atoms with E-state index < -0.39 is 6.10 Å². The number of esters is 3. The van der Waals surface area contributed by atoms with Crippen molar-refractivity contribution in [2.75, 3.05) is 13.2 Å². The van der Waals surface area contributed by atoms with E-state index >= 15 is 0 Å². The summed E-state index contributed by atoms with van der Waals surface area (Å²) in [5.41, 5.74) is 0. The van der Waals surface area contributed by atoms with Crippen molar-refractivity contribution in [3.8, 4) is 0 Å². The molecule has 78 heavy (non-hydrogen) atoms. The van der Waals surface area contributed by atoms with E-state index in [1.165, 1.54) is 295 Å². The fraction of sp³-hybridized carbons (Fsp3) is 0.903. The fourth-order valence-electron chi connectivity index (χ4n) is 10.9. The lowest BCUT2D eigenvalue weighted by Gasteiger charge is -2.18. The van der Waals surface area contributed by atoms with Gasteiger partial charge in [0.15, 0.2) is 6.10 Å². The van der Waals surface area contributed by atoms with E-state index in [-0.39, 0.29) is 31.1 Å². The monoisotopic (exact) mass is 1100 g/mol. The largest absolute Gasteiger partial charge is 0.462 e. The van der Waals surface area contributed by atoms with Gasteiger partial charge in [-0.25, -0.2) is 0 Å². The average molecular weight is 1100 g/mol. The molecule has 0 bridgehead atoms. The Bertz CT molecular complexity index is 1260. The van der Waals surface area contributed by atoms with Crippen molar-refractivity contribution in [1.82, 2.24) is 0 Å². The van der Waals surface area contributed by atoms with Gasteiger partial charge in [-0.1, -0.05) is 353 Å². The third-order valence-corrected chi connectivity index (χ3v) is 16.2. The zero-order valence-electron chi connectivity index (χ0n) is 53.0. The smallest absolute Gasteiger partial charge is 0.306 e. The Hall–Kier alpha value is -2.11. The molecule has 0 aliphatic rings. The lowest BCUT2D eigenvalue weighted by atomic mass is 10.0. The molecule has 1 atom stereocenters. The summed E-state index contributed by atoms with van der Waals surface area (Å²) in [6, 6.07) is 0. The summed E-state index contributed by atoms with van der Waals surface area (Å²) in [6.07, 6.45) is 82.3. The van der Waals surface area contributed by atoms with E-state index in [1.807, 2.05) is 0 Å². The van der Waals surface area contributed by atoms with Gasteiger partial charge in [-0.2, -0.15) is 0 Å². The lowest BCUT2D eigenvalue weighted by Crippen LogP contribution is -2.30. The van der Waals surface area contributed by atoms with E-state index in [0.717, 1.165) is 64.2 Å². The van der Waals surface area contributed by atoms with Crippen LogP contribution in [-0.4, -0.2) is 37.2 Å². The lowest BCUT2D eigenvalue weighted by molar-refractivity contribution is -0.167. The standard InChI is InChI=1S/C72H136O6/c1-4-7-10-13-16-19-21-23-25-27-29-31-33-34-35-36-37-38-40-41-43-45-47-49-51-53-56-59-62-65-71(74)77-68-69(67-76-70(73)64-61-58-55-18-15-12-9-6-3)78-72(75)66-63-60-57-54-52-50-48-46-44-42-39-32-30-28-26-24-22-20-17-14-11-8-5-2/h21,23,27,29,69H,4-20,22,24-26,28,30-68H2,1-3H3/b23-21-,29-27-. The minimum absolute atomic E-state index is 0.0642. The molecule has 6 nitrogen and oxygen atoms in total. The number of unbranched alkanes of at least 4 members (excludes halogenated alkanes) is 51. The molecule has 0 aliphatic carbocycles. The molecule has 0 saturated heterocycles. The fourth-order valence-corrected chi connectivity index (χ4v) is 10.9. The van der Waals surface area contributed by atoms with Crippen LogP contribution in [0.5, 0.6) is 0 Å². The Balaban J connectivity index is 4.04. The predicted octanol–water partition coefficient (Wildman–Crippen LogP) is 24.2. The molecule has 0 heterocycles. The predicted molar refractivity (Wildman–Crippen MR) is 340 cm³/mol. The third-order valence-electron chi connectivity index (χ3n) is 16.2. The zero-order valence-corrected chi connectivity index (χ0v) is 53.0. The maximum Gasteiger partial charge on any atom is 0.306 e. The number of hydrogen-bond donors (Lipinski definition) is 0. The van der Waals surface area contributed by atoms with Crippen LogP contribution in [0.25, 0.3) is 0 Å². The summed E-state index contributed by atoms with van der Waals surface area (Å²) in [6.45, 7) is 6.68. The Morgan fingerprint density at radius 1 is 0.256 bits per heavy atom. The molecule has 0 saturated carbocycles. The Labute approximate surface area is 487 Å². The summed E-state index contributed by atoms with van der Waals surface area (Å²) in [5, 5.41) is 0. The summed E-state index contributed by atoms with van der Waals surface area (Å²) in [7, 11) is 0. The molecule has 460 valence electrons. The number of ether oxygens (including phenoxy) is 3. The van der Waals surface area contributed by atoms with Crippen LogP contribution in [-0.2, 0) is 28.6 Å². The molecule has 0 aromatic heterocycles. The van der Waals surface area contributed by atoms with Crippen molar-refractivity contribution in [1.29, 1.82) is 0 Å². The van der Waals surface area contributed by atoms with E-state index in [0.29, 0.717) is 19.3 Å². The normalized spacial score (nSPS) is 12.1. The van der Waals surface area contributed by atoms with Crippen LogP contribution in [0.1, 0.15) is 400 Å². The number of carbonyl (C=O) groups excluding carboxylic acids is 3. The van der Waals surface area contributed by atoms with E-state index in [9.17, 15) is 14.4 Å². The second-order valence-electron chi connectivity index (χ2n) is 24.2. The number of allylic oxidation sites excluding steroid dienone is 4. The molecule has 0 aliphatic heterocycles. The first kappa shape index (κ1) is 75.9. The van der Waals surface area contributed by atoms with Gasteiger partial charge >= 0.3 is 17.9 Å². The van der Waals surface area contributed by atoms with Crippen LogP contribution in [0, 0.1) is 0 Å². The van der Waals surface area contributed by atoms with Gasteiger partial charge < -0.3 is 14.2 Å². The molecule has 0 amide bonds. The average Bonchev–Trinajstić information content (AvgIpc) is 3.44. The quantitative estimate of drug-likeness (QED) is 0.0261. The molecule has 0 radical (unpaired) electrons. The van der Waals surface area contributed by atoms with Crippen LogP contribution in [0.4, 0.5) is 0 Å². The van der Waals surface area contributed by atoms with Gasteiger partial charge in [0.25, 0.3) is 0 Å². The minimum Gasteiger partial charge on any atom is -0.462 e. The maximum absolute atomic E-state index is 12.9. The highest BCUT2D eigenvalue weighted by molar-refractivity contribution is 5.71. The van der Waals surface area contributed by atoms with Crippen LogP contribution >= 0.6 is 0 Å². The molecule has 0 rings (SSSR count). The second kappa shape index (κ2) is 67.4. The summed E-state index contributed by atoms with van der Waals surface area (Å²) >= 11 is 0. The summed E-state index contributed by atoms with van der Waals surface area (Å²) in [5.74, 6) is -0.838. The molecule has 0 N–H and O–H groups in total. The first-order valence-electron chi connectivity index (χ1n) is 35.3. The van der Waals surface area contributed by atoms with Gasteiger partial charge in [0.2, 0.25) is 0 Å². The third kappa shape index (κ3) is 64.7. The van der Waals surface area contributed by atoms with Gasteiger partial charge in [0, 0.05) is 19.3 Å². The van der Waals surface area contributed by atoms with Crippen LogP contribution in [0.2, 0.25) is 0 Å². The molecule has 0 aromatic rings. The van der Waals surface area contributed by atoms with Crippen molar-refractivity contribution in [3.05, 3.63) is 24.3 Å². The molecular formula is C72H136O6. The van der Waals surface area contributed by atoms with E-state index in [2.05, 4.69) is 45.1 Å². The second-order valence-corrected chi connectivity index (χ2v) is 24.2. The molecule has 0 fully saturated rings. The highest BCUT2D eigenvalue weighted by Gasteiger charge is 2.19. The van der Waals surface area contributed by atoms with Crippen LogP contribution < -0.4 is 0 Å². The molecule has 0 aromatic carbocycles. The van der Waals surface area contributed by atoms with Gasteiger partial charge in [-0.05, 0) is 51.4 Å². The highest BCUT2D eigenvalue weighted by atomic mass is 16.6. The van der Waals surface area contributed by atoms with Crippen molar-refractivity contribution in [3.63, 3.8) is 0 Å². The first-order valence-corrected chi connectivity index (χ1v) is 35.3. The van der Waals surface area contributed by atoms with Gasteiger partial charge in [-0.3, -0.25) is 14.4 Å². The van der Waals surface area contributed by atoms with Crippen molar-refractivity contribution >= 4 is 17.9 Å².